The topological polar surface area (TPSA) is 66.1 Å². The Morgan fingerprint density at radius 2 is 1.67 bits per heavy atom. The molecule has 3 aromatic heterocycles. The first kappa shape index (κ1) is 29.3. The van der Waals surface area contributed by atoms with E-state index < -0.39 is 11.9 Å². The van der Waals surface area contributed by atoms with Crippen molar-refractivity contribution in [2.45, 2.75) is 69.9 Å². The average molecular weight is 620 g/mol. The van der Waals surface area contributed by atoms with E-state index in [-0.39, 0.29) is 17.1 Å². The Morgan fingerprint density at radius 3 is 2.40 bits per heavy atom. The summed E-state index contributed by atoms with van der Waals surface area (Å²) >= 11 is 2.90. The molecule has 6 nitrogen and oxygen atoms in total. The fourth-order valence-electron chi connectivity index (χ4n) is 5.86. The van der Waals surface area contributed by atoms with Crippen LogP contribution in [0.4, 0.5) is 8.78 Å². The summed E-state index contributed by atoms with van der Waals surface area (Å²) in [6, 6.07) is 17.7. The summed E-state index contributed by atoms with van der Waals surface area (Å²) in [6.45, 7) is 2.70. The molecule has 0 unspecified atom stereocenters. The number of aromatic nitrogens is 3. The Labute approximate surface area is 256 Å². The molecular weight excluding hydrogens is 589 g/mol. The minimum absolute atomic E-state index is 0.0682. The maximum absolute atomic E-state index is 14.1. The number of carbonyl (C=O) groups excluding carboxylic acids is 1. The van der Waals surface area contributed by atoms with Gasteiger partial charge in [0.1, 0.15) is 10.6 Å². The molecule has 222 valence electrons. The molecule has 0 aliphatic heterocycles. The Bertz CT molecular complexity index is 1860. The van der Waals surface area contributed by atoms with Crippen LogP contribution in [0, 0.1) is 13.8 Å². The van der Waals surface area contributed by atoms with E-state index in [1.54, 1.807) is 28.0 Å². The van der Waals surface area contributed by atoms with Crippen LogP contribution in [-0.4, -0.2) is 31.8 Å². The van der Waals surface area contributed by atoms with E-state index in [0.717, 1.165) is 65.3 Å². The molecule has 1 atom stereocenters. The van der Waals surface area contributed by atoms with Crippen LogP contribution in [-0.2, 0) is 12.8 Å². The number of thioether (sulfide) groups is 1. The number of hydrogen-bond acceptors (Lipinski definition) is 6. The molecule has 1 aliphatic carbocycles. The van der Waals surface area contributed by atoms with E-state index in [9.17, 15) is 18.4 Å². The number of thiophene rings is 1. The first-order valence-corrected chi connectivity index (χ1v) is 16.0. The van der Waals surface area contributed by atoms with Crippen LogP contribution in [0.25, 0.3) is 21.6 Å². The molecule has 0 saturated carbocycles. The number of hydrogen-bond donors (Lipinski definition) is 0. The van der Waals surface area contributed by atoms with E-state index >= 15 is 0 Å². The fourth-order valence-corrected chi connectivity index (χ4v) is 8.16. The number of fused-ring (bicyclic) bond motifs is 3. The highest BCUT2D eigenvalue weighted by Gasteiger charge is 2.27. The van der Waals surface area contributed by atoms with Crippen LogP contribution in [0.5, 0.6) is 5.75 Å². The van der Waals surface area contributed by atoms with Gasteiger partial charge in [0.2, 0.25) is 0 Å². The van der Waals surface area contributed by atoms with Gasteiger partial charge in [0.05, 0.1) is 16.3 Å². The van der Waals surface area contributed by atoms with E-state index in [1.807, 2.05) is 61.7 Å². The first-order chi connectivity index (χ1) is 20.7. The van der Waals surface area contributed by atoms with Crippen molar-refractivity contribution in [2.24, 2.45) is 0 Å². The van der Waals surface area contributed by atoms with Gasteiger partial charge in [-0.2, -0.15) is 8.78 Å². The van der Waals surface area contributed by atoms with Gasteiger partial charge in [-0.1, -0.05) is 36.4 Å². The second-order valence-electron chi connectivity index (χ2n) is 10.7. The lowest BCUT2D eigenvalue weighted by atomic mass is 10.1. The van der Waals surface area contributed by atoms with E-state index in [1.165, 1.54) is 28.8 Å². The number of para-hydroxylation sites is 1. The number of rotatable bonds is 8. The molecule has 3 heterocycles. The lowest BCUT2D eigenvalue weighted by Gasteiger charge is -2.16. The van der Waals surface area contributed by atoms with Crippen LogP contribution in [0.1, 0.15) is 58.4 Å². The number of halogens is 2. The highest BCUT2D eigenvalue weighted by Crippen LogP contribution is 2.36. The molecule has 0 N–H and O–H groups in total. The Hall–Kier alpha value is -3.76. The van der Waals surface area contributed by atoms with Gasteiger partial charge in [-0.25, -0.2) is 4.98 Å². The zero-order valence-corrected chi connectivity index (χ0v) is 25.7. The lowest BCUT2D eigenvalue weighted by Crippen LogP contribution is -2.24. The Kier molecular flexibility index (Phi) is 8.24. The predicted octanol–water partition coefficient (Wildman–Crippen LogP) is 8.09. The fraction of sp³-hybridized carbons (Fsp3) is 0.303. The van der Waals surface area contributed by atoms with Crippen molar-refractivity contribution in [2.75, 3.05) is 0 Å². The van der Waals surface area contributed by atoms with Crippen molar-refractivity contribution in [3.63, 3.8) is 0 Å². The zero-order chi connectivity index (χ0) is 30.2. The Morgan fingerprint density at radius 1 is 0.977 bits per heavy atom. The molecule has 0 amide bonds. The summed E-state index contributed by atoms with van der Waals surface area (Å²) in [5, 5.41) is 0.667. The van der Waals surface area contributed by atoms with Gasteiger partial charge in [0.25, 0.3) is 5.56 Å². The van der Waals surface area contributed by atoms with Crippen molar-refractivity contribution in [1.82, 2.24) is 14.1 Å². The third-order valence-electron chi connectivity index (χ3n) is 7.89. The minimum Gasteiger partial charge on any atom is -0.435 e. The van der Waals surface area contributed by atoms with Crippen LogP contribution in [0.2, 0.25) is 0 Å². The third-order valence-corrected chi connectivity index (χ3v) is 10.1. The van der Waals surface area contributed by atoms with Crippen molar-refractivity contribution in [1.29, 1.82) is 0 Å². The summed E-state index contributed by atoms with van der Waals surface area (Å²) in [7, 11) is 0. The third kappa shape index (κ3) is 5.65. The summed E-state index contributed by atoms with van der Waals surface area (Å²) in [4.78, 5) is 35.0. The van der Waals surface area contributed by atoms with Crippen molar-refractivity contribution < 1.29 is 18.3 Å². The van der Waals surface area contributed by atoms with E-state index in [4.69, 9.17) is 4.98 Å². The van der Waals surface area contributed by atoms with Crippen LogP contribution in [0.15, 0.2) is 70.6 Å². The SMILES string of the molecule is Cc1cc(C(=O)[C@@H](C)Sc2nc3sc4c(c3c(=O)n2-c2ccccc2)CCCCC4)c(C)n1-c1ccc(OC(F)F)cc1. The number of nitrogens with zero attached hydrogens (tertiary/aromatic N) is 3. The average Bonchev–Trinajstić information content (AvgIpc) is 3.38. The van der Waals surface area contributed by atoms with Gasteiger partial charge in [0, 0.05) is 27.5 Å². The summed E-state index contributed by atoms with van der Waals surface area (Å²) in [5.74, 6) is -0.0171. The number of benzene rings is 2. The normalized spacial score (nSPS) is 14.1. The zero-order valence-electron chi connectivity index (χ0n) is 24.1. The maximum Gasteiger partial charge on any atom is 0.387 e. The molecule has 0 saturated heterocycles. The lowest BCUT2D eigenvalue weighted by molar-refractivity contribution is -0.0498. The number of Topliss-reactive ketones (excluding diaryl/α,β-unsaturated/α-hetero) is 1. The molecule has 6 rings (SSSR count). The summed E-state index contributed by atoms with van der Waals surface area (Å²) in [6.07, 6.45) is 5.20. The largest absolute Gasteiger partial charge is 0.435 e. The van der Waals surface area contributed by atoms with Crippen molar-refractivity contribution >= 4 is 39.1 Å². The van der Waals surface area contributed by atoms with Gasteiger partial charge in [-0.05, 0) is 94.5 Å². The highest BCUT2D eigenvalue weighted by molar-refractivity contribution is 8.00. The van der Waals surface area contributed by atoms with Gasteiger partial charge >= 0.3 is 6.61 Å². The number of ether oxygens (including phenoxy) is 1. The molecule has 1 aliphatic rings. The summed E-state index contributed by atoms with van der Waals surface area (Å²) < 4.78 is 33.2. The molecule has 2 aromatic carbocycles. The molecule has 43 heavy (non-hydrogen) atoms. The van der Waals surface area contributed by atoms with Crippen molar-refractivity contribution in [3.8, 4) is 17.1 Å². The standard InChI is InChI=1S/C33H31F2N3O3S2/c1-19-18-26(20(2)37(19)23-14-16-24(17-15-23)41-32(34)35)29(39)21(3)42-33-36-30-28(25-12-8-5-9-13-27(25)43-30)31(40)38(33)22-10-6-4-7-11-22/h4,6-7,10-11,14-18,21,32H,5,8-9,12-13H2,1-3H3/t21-/m1/s1. The van der Waals surface area contributed by atoms with Crippen molar-refractivity contribution in [3.05, 3.63) is 98.4 Å². The van der Waals surface area contributed by atoms with E-state index in [2.05, 4.69) is 4.74 Å². The minimum atomic E-state index is -2.90. The van der Waals surface area contributed by atoms with Gasteiger partial charge in [-0.3, -0.25) is 14.2 Å². The molecular formula is C33H31F2N3O3S2. The van der Waals surface area contributed by atoms with Gasteiger partial charge < -0.3 is 9.30 Å². The number of aryl methyl sites for hydroxylation is 3. The van der Waals surface area contributed by atoms with Crippen LogP contribution >= 0.6 is 23.1 Å². The predicted molar refractivity (Wildman–Crippen MR) is 168 cm³/mol. The number of alkyl halides is 2. The first-order valence-electron chi connectivity index (χ1n) is 14.3. The van der Waals surface area contributed by atoms with Gasteiger partial charge in [-0.15, -0.1) is 11.3 Å². The molecule has 0 bridgehead atoms. The smallest absolute Gasteiger partial charge is 0.387 e. The molecule has 0 fully saturated rings. The molecule has 5 aromatic rings. The van der Waals surface area contributed by atoms with Gasteiger partial charge in [0.15, 0.2) is 10.9 Å². The molecule has 10 heteroatoms. The quantitative estimate of drug-likeness (QED) is 0.0760. The number of carbonyl (C=O) groups is 1. The van der Waals surface area contributed by atoms with Crippen LogP contribution in [0.3, 0.4) is 0 Å². The molecule has 0 radical (unpaired) electrons. The monoisotopic (exact) mass is 619 g/mol. The van der Waals surface area contributed by atoms with E-state index in [0.29, 0.717) is 16.1 Å². The maximum atomic E-state index is 14.1. The second kappa shape index (κ2) is 12.1. The molecule has 0 spiro atoms. The number of ketones is 1. The Balaban J connectivity index is 1.36. The van der Waals surface area contributed by atoms with Crippen LogP contribution < -0.4 is 10.3 Å². The second-order valence-corrected chi connectivity index (χ2v) is 13.1. The highest BCUT2D eigenvalue weighted by atomic mass is 32.2. The summed E-state index contributed by atoms with van der Waals surface area (Å²) in [5.41, 5.74) is 4.64.